The van der Waals surface area contributed by atoms with Crippen molar-refractivity contribution in [3.05, 3.63) is 30.5 Å². The molecule has 118 valence electrons. The second-order valence-corrected chi connectivity index (χ2v) is 6.05. The summed E-state index contributed by atoms with van der Waals surface area (Å²) in [4.78, 5) is 30.4. The van der Waals surface area contributed by atoms with E-state index >= 15 is 0 Å². The number of piperidine rings is 1. The fourth-order valence-corrected chi connectivity index (χ4v) is 3.56. The zero-order valence-corrected chi connectivity index (χ0v) is 13.1. The molecule has 0 aromatic carbocycles. The number of rotatable bonds is 2. The molecule has 1 amide bonds. The molecule has 23 heavy (non-hydrogen) atoms. The predicted octanol–water partition coefficient (Wildman–Crippen LogP) is 2.62. The summed E-state index contributed by atoms with van der Waals surface area (Å²) in [6.45, 7) is 3.55. The number of fused-ring (bicyclic) bond motifs is 3. The average Bonchev–Trinajstić information content (AvgIpc) is 3.09. The summed E-state index contributed by atoms with van der Waals surface area (Å²) in [5.74, 6) is 0.528. The van der Waals surface area contributed by atoms with Gasteiger partial charge in [-0.25, -0.2) is 15.0 Å². The molecule has 1 unspecified atom stereocenters. The molecule has 0 saturated carbocycles. The van der Waals surface area contributed by atoms with Crippen LogP contribution in [0.5, 0.6) is 0 Å². The van der Waals surface area contributed by atoms with Gasteiger partial charge in [-0.15, -0.1) is 0 Å². The van der Waals surface area contributed by atoms with Crippen LogP contribution in [0, 0.1) is 0 Å². The normalized spacial score (nSPS) is 18.7. The van der Waals surface area contributed by atoms with Crippen LogP contribution >= 0.6 is 0 Å². The van der Waals surface area contributed by atoms with Crippen molar-refractivity contribution in [2.24, 2.45) is 0 Å². The lowest BCUT2D eigenvalue weighted by Crippen LogP contribution is -2.39. The van der Waals surface area contributed by atoms with Crippen LogP contribution in [0.2, 0.25) is 0 Å². The van der Waals surface area contributed by atoms with Gasteiger partial charge in [0.05, 0.1) is 18.0 Å². The minimum atomic E-state index is 0.231. The Morgan fingerprint density at radius 2 is 2.30 bits per heavy atom. The number of carbonyl (C=O) groups excluding carboxylic acids is 1. The first-order chi connectivity index (χ1) is 11.3. The molecule has 1 aliphatic rings. The number of amides is 1. The van der Waals surface area contributed by atoms with Gasteiger partial charge in [0, 0.05) is 48.1 Å². The molecule has 1 aliphatic heterocycles. The van der Waals surface area contributed by atoms with Crippen molar-refractivity contribution in [1.29, 1.82) is 0 Å². The first-order valence-electron chi connectivity index (χ1n) is 8.12. The summed E-state index contributed by atoms with van der Waals surface area (Å²) in [6, 6.07) is 1.99. The largest absolute Gasteiger partial charge is 0.349 e. The Hall–Kier alpha value is -2.50. The lowest BCUT2D eigenvalue weighted by Gasteiger charge is -2.33. The fourth-order valence-electron chi connectivity index (χ4n) is 3.56. The Kier molecular flexibility index (Phi) is 3.44. The van der Waals surface area contributed by atoms with Crippen LogP contribution in [0.4, 0.5) is 0 Å². The van der Waals surface area contributed by atoms with E-state index in [0.717, 1.165) is 53.6 Å². The molecule has 4 heterocycles. The summed E-state index contributed by atoms with van der Waals surface area (Å²) >= 11 is 0. The summed E-state index contributed by atoms with van der Waals surface area (Å²) < 4.78 is 0. The monoisotopic (exact) mass is 309 g/mol. The number of aromatic nitrogens is 4. The molecule has 0 bridgehead atoms. The second-order valence-electron chi connectivity index (χ2n) is 6.05. The predicted molar refractivity (Wildman–Crippen MR) is 88.0 cm³/mol. The third-order valence-electron chi connectivity index (χ3n) is 4.69. The van der Waals surface area contributed by atoms with Crippen LogP contribution in [0.3, 0.4) is 0 Å². The number of nitrogens with zero attached hydrogens (tertiary/aromatic N) is 4. The van der Waals surface area contributed by atoms with Gasteiger partial charge in [-0.2, -0.15) is 0 Å². The number of likely N-dealkylation sites (tertiary alicyclic amines) is 1. The maximum Gasteiger partial charge on any atom is 0.222 e. The van der Waals surface area contributed by atoms with Crippen LogP contribution in [0.25, 0.3) is 21.9 Å². The van der Waals surface area contributed by atoms with E-state index < -0.39 is 0 Å². The van der Waals surface area contributed by atoms with Crippen LogP contribution in [-0.2, 0) is 4.79 Å². The van der Waals surface area contributed by atoms with Gasteiger partial charge in [-0.3, -0.25) is 4.79 Å². The van der Waals surface area contributed by atoms with Gasteiger partial charge >= 0.3 is 0 Å². The minimum absolute atomic E-state index is 0.231. The van der Waals surface area contributed by atoms with E-state index in [9.17, 15) is 4.79 Å². The van der Waals surface area contributed by atoms with Gasteiger partial charge in [-0.1, -0.05) is 6.92 Å². The van der Waals surface area contributed by atoms with E-state index in [4.69, 9.17) is 0 Å². The number of aromatic amines is 1. The lowest BCUT2D eigenvalue weighted by atomic mass is 9.91. The zero-order valence-electron chi connectivity index (χ0n) is 13.1. The third kappa shape index (κ3) is 2.34. The Balaban J connectivity index is 1.82. The molecule has 4 rings (SSSR count). The summed E-state index contributed by atoms with van der Waals surface area (Å²) in [6.07, 6.45) is 7.95. The van der Waals surface area contributed by atoms with Crippen molar-refractivity contribution >= 4 is 27.8 Å². The maximum absolute atomic E-state index is 12.1. The second kappa shape index (κ2) is 5.61. The number of hydrogen-bond donors (Lipinski definition) is 1. The fraction of sp³-hybridized carbons (Fsp3) is 0.412. The lowest BCUT2D eigenvalue weighted by molar-refractivity contribution is -0.132. The standard InChI is InChI=1S/C17H19N5O/c1-2-14(23)22-7-3-4-11(9-22)16-15-12-5-6-18-17(12)19-8-13(15)20-10-21-16/h5-6,8,10-11H,2-4,7,9H2,1H3,(H,20,21). The van der Waals surface area contributed by atoms with E-state index in [1.54, 1.807) is 18.7 Å². The summed E-state index contributed by atoms with van der Waals surface area (Å²) in [5.41, 5.74) is 2.76. The van der Waals surface area contributed by atoms with Crippen molar-refractivity contribution in [3.63, 3.8) is 0 Å². The molecule has 1 atom stereocenters. The first-order valence-corrected chi connectivity index (χ1v) is 8.12. The Bertz CT molecular complexity index is 872. The molecular formula is C17H19N5O. The van der Waals surface area contributed by atoms with E-state index in [1.807, 2.05) is 17.9 Å². The Morgan fingerprint density at radius 1 is 1.39 bits per heavy atom. The molecule has 1 saturated heterocycles. The van der Waals surface area contributed by atoms with E-state index in [0.29, 0.717) is 12.3 Å². The highest BCUT2D eigenvalue weighted by molar-refractivity contribution is 6.04. The van der Waals surface area contributed by atoms with Gasteiger partial charge in [0.15, 0.2) is 5.65 Å². The number of H-pyrrole nitrogens is 1. The quantitative estimate of drug-likeness (QED) is 0.789. The molecule has 6 nitrogen and oxygen atoms in total. The molecule has 3 aromatic rings. The summed E-state index contributed by atoms with van der Waals surface area (Å²) in [5, 5.41) is 2.12. The van der Waals surface area contributed by atoms with E-state index in [1.165, 1.54) is 0 Å². The number of carbonyl (C=O) groups is 1. The van der Waals surface area contributed by atoms with Crippen molar-refractivity contribution in [2.45, 2.75) is 32.1 Å². The molecule has 0 aliphatic carbocycles. The highest BCUT2D eigenvalue weighted by Gasteiger charge is 2.26. The molecule has 6 heteroatoms. The number of pyridine rings is 1. The minimum Gasteiger partial charge on any atom is -0.349 e. The maximum atomic E-state index is 12.1. The third-order valence-corrected chi connectivity index (χ3v) is 4.69. The van der Waals surface area contributed by atoms with Crippen molar-refractivity contribution in [3.8, 4) is 0 Å². The zero-order chi connectivity index (χ0) is 15.8. The smallest absolute Gasteiger partial charge is 0.222 e. The van der Waals surface area contributed by atoms with Crippen molar-refractivity contribution in [2.75, 3.05) is 13.1 Å². The van der Waals surface area contributed by atoms with Crippen LogP contribution < -0.4 is 0 Å². The Labute approximate surface area is 133 Å². The number of hydrogen-bond acceptors (Lipinski definition) is 4. The van der Waals surface area contributed by atoms with Gasteiger partial charge in [0.25, 0.3) is 0 Å². The highest BCUT2D eigenvalue weighted by Crippen LogP contribution is 2.33. The van der Waals surface area contributed by atoms with Gasteiger partial charge in [0.1, 0.15) is 0 Å². The highest BCUT2D eigenvalue weighted by atomic mass is 16.2. The summed E-state index contributed by atoms with van der Waals surface area (Å²) in [7, 11) is 0. The van der Waals surface area contributed by atoms with Crippen LogP contribution in [-0.4, -0.2) is 43.8 Å². The molecule has 1 N–H and O–H groups in total. The van der Waals surface area contributed by atoms with Gasteiger partial charge < -0.3 is 9.88 Å². The van der Waals surface area contributed by atoms with Gasteiger partial charge in [-0.05, 0) is 18.9 Å². The Morgan fingerprint density at radius 3 is 3.17 bits per heavy atom. The van der Waals surface area contributed by atoms with E-state index in [-0.39, 0.29) is 5.91 Å². The molecule has 3 aromatic heterocycles. The molecule has 0 radical (unpaired) electrons. The first kappa shape index (κ1) is 14.1. The van der Waals surface area contributed by atoms with Crippen molar-refractivity contribution < 1.29 is 4.79 Å². The van der Waals surface area contributed by atoms with Crippen LogP contribution in [0.1, 0.15) is 37.8 Å². The topological polar surface area (TPSA) is 74.8 Å². The molecular weight excluding hydrogens is 290 g/mol. The molecule has 1 fully saturated rings. The van der Waals surface area contributed by atoms with Gasteiger partial charge in [0.2, 0.25) is 5.91 Å². The average molecular weight is 309 g/mol. The SMILES string of the molecule is CCC(=O)N1CCCC(c2[nH]cnc3cnc4nccc4c23)C1. The van der Waals surface area contributed by atoms with E-state index in [2.05, 4.69) is 19.9 Å². The number of nitrogens with one attached hydrogen (secondary N) is 1. The molecule has 0 spiro atoms. The van der Waals surface area contributed by atoms with Crippen molar-refractivity contribution in [1.82, 2.24) is 24.8 Å². The van der Waals surface area contributed by atoms with Crippen LogP contribution in [0.15, 0.2) is 24.8 Å².